The van der Waals surface area contributed by atoms with E-state index in [9.17, 15) is 19.5 Å². The summed E-state index contributed by atoms with van der Waals surface area (Å²) in [6.45, 7) is 4.70. The highest BCUT2D eigenvalue weighted by Gasteiger charge is 2.75. The number of ether oxygens (including phenoxy) is 2. The maximum absolute atomic E-state index is 14.7. The summed E-state index contributed by atoms with van der Waals surface area (Å²) in [5.74, 6) is -1.98. The molecule has 1 N–H and O–H groups in total. The first-order valence-corrected chi connectivity index (χ1v) is 14.6. The first-order valence-electron chi connectivity index (χ1n) is 14.6. The minimum atomic E-state index is -1.41. The van der Waals surface area contributed by atoms with E-state index in [2.05, 4.69) is 0 Å². The largest absolute Gasteiger partial charge is 0.497 e. The van der Waals surface area contributed by atoms with Crippen LogP contribution < -0.4 is 9.64 Å². The lowest BCUT2D eigenvalue weighted by Gasteiger charge is -2.40. The molecule has 4 aliphatic heterocycles. The molecule has 2 aromatic carbocycles. The fourth-order valence-electron chi connectivity index (χ4n) is 7.34. The number of benzene rings is 2. The molecule has 2 aromatic rings. The maximum atomic E-state index is 14.7. The van der Waals surface area contributed by atoms with E-state index in [1.807, 2.05) is 68.5 Å². The Kier molecular flexibility index (Phi) is 7.19. The van der Waals surface area contributed by atoms with Crippen molar-refractivity contribution >= 4 is 23.4 Å². The van der Waals surface area contributed by atoms with Crippen LogP contribution in [0.15, 0.2) is 78.9 Å². The Hall–Kier alpha value is -3.95. The van der Waals surface area contributed by atoms with E-state index in [1.165, 1.54) is 4.90 Å². The number of rotatable bonds is 7. The summed E-state index contributed by atoms with van der Waals surface area (Å²) in [5, 5.41) is 10.7. The third kappa shape index (κ3) is 4.17. The van der Waals surface area contributed by atoms with Crippen molar-refractivity contribution in [3.8, 4) is 5.75 Å². The molecule has 220 valence electrons. The molecule has 2 saturated heterocycles. The Morgan fingerprint density at radius 2 is 1.67 bits per heavy atom. The average Bonchev–Trinajstić information content (AvgIpc) is 3.27. The fraction of sp³-hybridized carbons (Fsp3) is 0.424. The van der Waals surface area contributed by atoms with Crippen molar-refractivity contribution < 1.29 is 29.0 Å². The van der Waals surface area contributed by atoms with Gasteiger partial charge in [0, 0.05) is 25.3 Å². The Labute approximate surface area is 246 Å². The second-order valence-electron chi connectivity index (χ2n) is 11.6. The summed E-state index contributed by atoms with van der Waals surface area (Å²) in [6.07, 6.45) is 8.27. The molecule has 0 radical (unpaired) electrons. The summed E-state index contributed by atoms with van der Waals surface area (Å²) in [7, 11) is 1.58. The molecule has 0 aromatic heterocycles. The van der Waals surface area contributed by atoms with Gasteiger partial charge in [0.05, 0.1) is 37.2 Å². The molecule has 1 spiro atoms. The van der Waals surface area contributed by atoms with E-state index in [-0.39, 0.29) is 24.3 Å². The number of hydrogen-bond acceptors (Lipinski definition) is 6. The van der Waals surface area contributed by atoms with Gasteiger partial charge < -0.3 is 29.3 Å². The van der Waals surface area contributed by atoms with Crippen LogP contribution in [-0.4, -0.2) is 83.2 Å². The average molecular weight is 572 g/mol. The van der Waals surface area contributed by atoms with Crippen LogP contribution in [-0.2, 0) is 19.1 Å². The zero-order valence-corrected chi connectivity index (χ0v) is 24.2. The van der Waals surface area contributed by atoms with Crippen molar-refractivity contribution in [2.24, 2.45) is 11.8 Å². The van der Waals surface area contributed by atoms with E-state index in [0.29, 0.717) is 30.1 Å². The van der Waals surface area contributed by atoms with E-state index >= 15 is 0 Å². The summed E-state index contributed by atoms with van der Waals surface area (Å²) in [4.78, 5) is 48.5. The third-order valence-corrected chi connectivity index (χ3v) is 9.15. The van der Waals surface area contributed by atoms with E-state index in [1.54, 1.807) is 41.2 Å². The molecule has 9 heteroatoms. The van der Waals surface area contributed by atoms with Gasteiger partial charge in [-0.15, -0.1) is 0 Å². The Balaban J connectivity index is 1.52. The monoisotopic (exact) mass is 571 g/mol. The van der Waals surface area contributed by atoms with Crippen LogP contribution in [0.1, 0.15) is 31.9 Å². The van der Waals surface area contributed by atoms with Gasteiger partial charge in [0.2, 0.25) is 11.8 Å². The number of aliphatic hydroxyl groups is 1. The van der Waals surface area contributed by atoms with Gasteiger partial charge in [-0.1, -0.05) is 61.6 Å². The first kappa shape index (κ1) is 28.2. The van der Waals surface area contributed by atoms with Crippen molar-refractivity contribution in [3.63, 3.8) is 0 Å². The zero-order valence-electron chi connectivity index (χ0n) is 24.2. The standard InChI is InChI=1S/C33H37N3O6/c1-4-18-34-19-8-16-32(2)26(29(34)38)27-30(39)36(25(21-37)22-10-6-5-7-11-22)28-31(40)35(20-9-17-33(27,28)42-32)23-12-14-24(41-3)15-13-23/h5-17,25-28,37H,4,18-21H2,1-3H3/t25-,26+,27+,28?,32-,33+/m1/s1. The number of fused-ring (bicyclic) bond motifs is 2. The van der Waals surface area contributed by atoms with Crippen LogP contribution >= 0.6 is 0 Å². The molecule has 9 nitrogen and oxygen atoms in total. The number of hydrogen-bond donors (Lipinski definition) is 1. The summed E-state index contributed by atoms with van der Waals surface area (Å²) >= 11 is 0. The molecule has 2 fully saturated rings. The van der Waals surface area contributed by atoms with Crippen molar-refractivity contribution in [2.75, 3.05) is 38.3 Å². The topological polar surface area (TPSA) is 99.6 Å². The highest BCUT2D eigenvalue weighted by Crippen LogP contribution is 2.58. The van der Waals surface area contributed by atoms with Crippen LogP contribution in [0.5, 0.6) is 5.75 Å². The lowest BCUT2D eigenvalue weighted by atomic mass is 9.74. The van der Waals surface area contributed by atoms with E-state index in [0.717, 1.165) is 6.42 Å². The quantitative estimate of drug-likeness (QED) is 0.513. The molecule has 1 unspecified atom stereocenters. The third-order valence-electron chi connectivity index (χ3n) is 9.15. The molecule has 0 bridgehead atoms. The van der Waals surface area contributed by atoms with Gasteiger partial charge >= 0.3 is 0 Å². The highest BCUT2D eigenvalue weighted by molar-refractivity contribution is 6.06. The van der Waals surface area contributed by atoms with Gasteiger partial charge in [0.15, 0.2) is 0 Å². The van der Waals surface area contributed by atoms with E-state index in [4.69, 9.17) is 9.47 Å². The smallest absolute Gasteiger partial charge is 0.253 e. The molecular formula is C33H37N3O6. The van der Waals surface area contributed by atoms with Gasteiger partial charge in [-0.25, -0.2) is 0 Å². The molecule has 0 aliphatic carbocycles. The van der Waals surface area contributed by atoms with Gasteiger partial charge in [-0.3, -0.25) is 14.4 Å². The normalized spacial score (nSPS) is 31.0. The molecule has 3 amide bonds. The number of carbonyl (C=O) groups excluding carboxylic acids is 3. The number of amides is 3. The van der Waals surface area contributed by atoms with Crippen molar-refractivity contribution in [1.29, 1.82) is 0 Å². The van der Waals surface area contributed by atoms with Gasteiger partial charge in [-0.2, -0.15) is 0 Å². The molecule has 0 saturated carbocycles. The SMILES string of the molecule is CCCN1CC=C[C@@]2(C)O[C@]34C=CCN(c5ccc(OC)cc5)C(=O)C3N([C@H](CO)c3ccccc3)C(=O)[C@@H]4[C@H]2C1=O. The number of carbonyl (C=O) groups is 3. The van der Waals surface area contributed by atoms with Gasteiger partial charge in [0.25, 0.3) is 5.91 Å². The minimum absolute atomic E-state index is 0.155. The van der Waals surface area contributed by atoms with Gasteiger partial charge in [-0.05, 0) is 43.2 Å². The second-order valence-corrected chi connectivity index (χ2v) is 11.6. The molecule has 6 rings (SSSR count). The van der Waals surface area contributed by atoms with E-state index < -0.39 is 41.7 Å². The maximum Gasteiger partial charge on any atom is 0.253 e. The molecule has 6 atom stereocenters. The van der Waals surface area contributed by atoms with Crippen LogP contribution in [0, 0.1) is 11.8 Å². The number of likely N-dealkylation sites (tertiary alicyclic amines) is 1. The lowest BCUT2D eigenvalue weighted by molar-refractivity contribution is -0.151. The van der Waals surface area contributed by atoms with Crippen LogP contribution in [0.4, 0.5) is 5.69 Å². The number of nitrogens with zero attached hydrogens (tertiary/aromatic N) is 3. The molecule has 4 heterocycles. The highest BCUT2D eigenvalue weighted by atomic mass is 16.5. The Morgan fingerprint density at radius 1 is 0.952 bits per heavy atom. The minimum Gasteiger partial charge on any atom is -0.497 e. The van der Waals surface area contributed by atoms with Crippen LogP contribution in [0.2, 0.25) is 0 Å². The lowest BCUT2D eigenvalue weighted by Crippen LogP contribution is -2.57. The van der Waals surface area contributed by atoms with Crippen molar-refractivity contribution in [3.05, 3.63) is 84.5 Å². The second kappa shape index (κ2) is 10.7. The fourth-order valence-corrected chi connectivity index (χ4v) is 7.34. The number of methoxy groups -OCH3 is 1. The predicted octanol–water partition coefficient (Wildman–Crippen LogP) is 3.11. The number of aliphatic hydroxyl groups excluding tert-OH is 1. The summed E-state index contributed by atoms with van der Waals surface area (Å²) in [5.41, 5.74) is -1.16. The Bertz CT molecular complexity index is 1430. The molecular weight excluding hydrogens is 534 g/mol. The van der Waals surface area contributed by atoms with Gasteiger partial charge in [0.1, 0.15) is 17.4 Å². The van der Waals surface area contributed by atoms with Crippen molar-refractivity contribution in [2.45, 2.75) is 43.6 Å². The molecule has 4 aliphatic rings. The predicted molar refractivity (Wildman–Crippen MR) is 157 cm³/mol. The van der Waals surface area contributed by atoms with Crippen molar-refractivity contribution in [1.82, 2.24) is 9.80 Å². The van der Waals surface area contributed by atoms with Crippen LogP contribution in [0.25, 0.3) is 0 Å². The Morgan fingerprint density at radius 3 is 2.33 bits per heavy atom. The molecule has 42 heavy (non-hydrogen) atoms. The number of anilines is 1. The van der Waals surface area contributed by atoms with Crippen LogP contribution in [0.3, 0.4) is 0 Å². The summed E-state index contributed by atoms with van der Waals surface area (Å²) in [6, 6.07) is 14.5. The summed E-state index contributed by atoms with van der Waals surface area (Å²) < 4.78 is 12.2. The zero-order chi connectivity index (χ0) is 29.6. The first-order chi connectivity index (χ1) is 20.3.